The van der Waals surface area contributed by atoms with Crippen LogP contribution in [0.3, 0.4) is 0 Å². The van der Waals surface area contributed by atoms with Gasteiger partial charge in [0.25, 0.3) is 5.91 Å². The number of halogens is 1. The molecule has 0 saturated heterocycles. The first-order valence-electron chi connectivity index (χ1n) is 8.23. The Morgan fingerprint density at radius 1 is 1.14 bits per heavy atom. The lowest BCUT2D eigenvalue weighted by molar-refractivity contribution is 0.102. The summed E-state index contributed by atoms with van der Waals surface area (Å²) in [7, 11) is -1.28. The first kappa shape index (κ1) is 21.8. The fraction of sp³-hybridized carbons (Fsp3) is 0.278. The Balaban J connectivity index is 2.34. The molecule has 1 amide bonds. The van der Waals surface area contributed by atoms with Crippen LogP contribution in [0.2, 0.25) is 5.02 Å². The number of carbonyl (C=O) groups excluding carboxylic acids is 1. The number of nitrogens with one attached hydrogen (secondary N) is 1. The molecule has 0 atom stereocenters. The lowest BCUT2D eigenvalue weighted by Gasteiger charge is -2.14. The van der Waals surface area contributed by atoms with Crippen molar-refractivity contribution in [2.45, 2.75) is 18.2 Å². The van der Waals surface area contributed by atoms with Gasteiger partial charge in [-0.2, -0.15) is 0 Å². The Labute approximate surface area is 168 Å². The van der Waals surface area contributed by atoms with Crippen molar-refractivity contribution in [1.82, 2.24) is 0 Å². The number of methoxy groups -OCH3 is 2. The summed E-state index contributed by atoms with van der Waals surface area (Å²) in [4.78, 5) is 12.4. The average molecular weight is 429 g/mol. The number of hydrogen-bond donors (Lipinski definition) is 2. The van der Waals surface area contributed by atoms with Gasteiger partial charge < -0.3 is 19.5 Å². The van der Waals surface area contributed by atoms with Gasteiger partial charge in [0.1, 0.15) is 10.6 Å². The standard InChI is InChI=1S/C18H21ClN2O6S/c1-4-7-27-17-13(19)8-11(9-15(17)26-3)18(22)21-12-5-6-14(25-2)16(10-12)28(20,23)24/h5-6,8-10H,4,7H2,1-3H3,(H,21,22)(H2,20,23,24). The van der Waals surface area contributed by atoms with Crippen LogP contribution in [0.4, 0.5) is 5.69 Å². The van der Waals surface area contributed by atoms with Crippen molar-refractivity contribution in [2.75, 3.05) is 26.1 Å². The van der Waals surface area contributed by atoms with Crippen molar-refractivity contribution in [3.8, 4) is 17.2 Å². The lowest BCUT2D eigenvalue weighted by Crippen LogP contribution is -2.16. The normalized spacial score (nSPS) is 11.0. The molecule has 0 unspecified atom stereocenters. The molecule has 0 bridgehead atoms. The fourth-order valence-electron chi connectivity index (χ4n) is 2.38. The number of ether oxygens (including phenoxy) is 3. The Morgan fingerprint density at radius 2 is 1.82 bits per heavy atom. The molecular weight excluding hydrogens is 408 g/mol. The number of carbonyl (C=O) groups is 1. The topological polar surface area (TPSA) is 117 Å². The minimum atomic E-state index is -4.03. The third kappa shape index (κ3) is 5.06. The highest BCUT2D eigenvalue weighted by Crippen LogP contribution is 2.37. The number of hydrogen-bond acceptors (Lipinski definition) is 6. The molecule has 2 rings (SSSR count). The summed E-state index contributed by atoms with van der Waals surface area (Å²) in [6.07, 6.45) is 0.783. The second-order valence-corrected chi connectivity index (χ2v) is 7.64. The van der Waals surface area contributed by atoms with E-state index in [-0.39, 0.29) is 26.9 Å². The summed E-state index contributed by atoms with van der Waals surface area (Å²) in [6.45, 7) is 2.40. The monoisotopic (exact) mass is 428 g/mol. The van der Waals surface area contributed by atoms with E-state index in [1.165, 1.54) is 44.6 Å². The van der Waals surface area contributed by atoms with E-state index >= 15 is 0 Å². The third-order valence-electron chi connectivity index (χ3n) is 3.67. The van der Waals surface area contributed by atoms with E-state index in [1.54, 1.807) is 0 Å². The summed E-state index contributed by atoms with van der Waals surface area (Å²) in [5.74, 6) is 0.213. The second kappa shape index (κ2) is 9.13. The van der Waals surface area contributed by atoms with Gasteiger partial charge in [0.2, 0.25) is 10.0 Å². The van der Waals surface area contributed by atoms with E-state index in [4.69, 9.17) is 31.0 Å². The third-order valence-corrected chi connectivity index (χ3v) is 4.88. The van der Waals surface area contributed by atoms with Crippen LogP contribution in [-0.2, 0) is 10.0 Å². The van der Waals surface area contributed by atoms with E-state index in [2.05, 4.69) is 5.32 Å². The quantitative estimate of drug-likeness (QED) is 0.667. The molecule has 28 heavy (non-hydrogen) atoms. The molecule has 10 heteroatoms. The summed E-state index contributed by atoms with van der Waals surface area (Å²) in [5, 5.41) is 8.00. The summed E-state index contributed by atoms with van der Waals surface area (Å²) in [6, 6.07) is 7.02. The SMILES string of the molecule is CCCOc1c(Cl)cc(C(=O)Nc2ccc(OC)c(S(N)(=O)=O)c2)cc1OC. The van der Waals surface area contributed by atoms with Crippen LogP contribution < -0.4 is 24.7 Å². The number of nitrogens with two attached hydrogens (primary N) is 1. The highest BCUT2D eigenvalue weighted by molar-refractivity contribution is 7.89. The Bertz CT molecular complexity index is 978. The molecule has 0 radical (unpaired) electrons. The number of anilines is 1. The highest BCUT2D eigenvalue weighted by Gasteiger charge is 2.19. The van der Waals surface area contributed by atoms with E-state index in [9.17, 15) is 13.2 Å². The maximum absolute atomic E-state index is 12.6. The summed E-state index contributed by atoms with van der Waals surface area (Å²) >= 11 is 6.22. The zero-order chi connectivity index (χ0) is 20.9. The molecule has 0 aliphatic carbocycles. The van der Waals surface area contributed by atoms with Gasteiger partial charge in [-0.1, -0.05) is 18.5 Å². The van der Waals surface area contributed by atoms with E-state index < -0.39 is 15.9 Å². The van der Waals surface area contributed by atoms with Crippen molar-refractivity contribution in [3.63, 3.8) is 0 Å². The predicted octanol–water partition coefficient (Wildman–Crippen LogP) is 3.05. The largest absolute Gasteiger partial charge is 0.495 e. The van der Waals surface area contributed by atoms with Gasteiger partial charge in [0, 0.05) is 11.3 Å². The number of amides is 1. The number of rotatable bonds is 8. The molecule has 0 fully saturated rings. The first-order chi connectivity index (χ1) is 13.2. The van der Waals surface area contributed by atoms with Crippen molar-refractivity contribution in [1.29, 1.82) is 0 Å². The van der Waals surface area contributed by atoms with Crippen LogP contribution >= 0.6 is 11.6 Å². The Kier molecular flexibility index (Phi) is 7.11. The Morgan fingerprint density at radius 3 is 2.39 bits per heavy atom. The minimum Gasteiger partial charge on any atom is -0.495 e. The number of primary sulfonamides is 1. The zero-order valence-corrected chi connectivity index (χ0v) is 17.2. The molecule has 0 spiro atoms. The maximum atomic E-state index is 12.6. The summed E-state index contributed by atoms with van der Waals surface area (Å²) < 4.78 is 39.2. The number of benzene rings is 2. The van der Waals surface area contributed by atoms with Crippen LogP contribution in [0.25, 0.3) is 0 Å². The summed E-state index contributed by atoms with van der Waals surface area (Å²) in [5.41, 5.74) is 0.426. The molecule has 2 aromatic carbocycles. The molecule has 8 nitrogen and oxygen atoms in total. The zero-order valence-electron chi connectivity index (χ0n) is 15.6. The van der Waals surface area contributed by atoms with Gasteiger partial charge in [-0.15, -0.1) is 0 Å². The molecule has 0 aliphatic heterocycles. The molecule has 0 heterocycles. The van der Waals surface area contributed by atoms with Gasteiger partial charge in [-0.3, -0.25) is 4.79 Å². The second-order valence-electron chi connectivity index (χ2n) is 5.70. The van der Waals surface area contributed by atoms with E-state index in [0.717, 1.165) is 6.42 Å². The van der Waals surface area contributed by atoms with Crippen molar-refractivity contribution in [2.24, 2.45) is 5.14 Å². The van der Waals surface area contributed by atoms with Gasteiger partial charge in [0.05, 0.1) is 25.8 Å². The van der Waals surface area contributed by atoms with E-state index in [1.807, 2.05) is 6.92 Å². The van der Waals surface area contributed by atoms with Crippen LogP contribution in [0.1, 0.15) is 23.7 Å². The lowest BCUT2D eigenvalue weighted by atomic mass is 10.1. The predicted molar refractivity (Wildman–Crippen MR) is 106 cm³/mol. The molecule has 3 N–H and O–H groups in total. The molecule has 0 saturated carbocycles. The highest BCUT2D eigenvalue weighted by atomic mass is 35.5. The van der Waals surface area contributed by atoms with Crippen molar-refractivity contribution in [3.05, 3.63) is 40.9 Å². The fourth-order valence-corrected chi connectivity index (χ4v) is 3.36. The number of sulfonamides is 1. The van der Waals surface area contributed by atoms with Gasteiger partial charge >= 0.3 is 0 Å². The van der Waals surface area contributed by atoms with Crippen LogP contribution in [-0.4, -0.2) is 35.2 Å². The van der Waals surface area contributed by atoms with Crippen LogP contribution in [0.15, 0.2) is 35.2 Å². The molecule has 2 aromatic rings. The van der Waals surface area contributed by atoms with Crippen LogP contribution in [0, 0.1) is 0 Å². The van der Waals surface area contributed by atoms with E-state index in [0.29, 0.717) is 18.1 Å². The van der Waals surface area contributed by atoms with Gasteiger partial charge in [-0.05, 0) is 36.8 Å². The molecule has 152 valence electrons. The molecule has 0 aliphatic rings. The molecular formula is C18H21ClN2O6S. The van der Waals surface area contributed by atoms with Crippen molar-refractivity contribution >= 4 is 33.2 Å². The first-order valence-corrected chi connectivity index (χ1v) is 10.2. The smallest absolute Gasteiger partial charge is 0.255 e. The van der Waals surface area contributed by atoms with Gasteiger partial charge in [-0.25, -0.2) is 13.6 Å². The van der Waals surface area contributed by atoms with Gasteiger partial charge in [0.15, 0.2) is 11.5 Å². The van der Waals surface area contributed by atoms with Crippen molar-refractivity contribution < 1.29 is 27.4 Å². The minimum absolute atomic E-state index is 0.0719. The van der Waals surface area contributed by atoms with Crippen LogP contribution in [0.5, 0.6) is 17.2 Å². The Hall–Kier alpha value is -2.49. The molecule has 0 aromatic heterocycles. The average Bonchev–Trinajstić information content (AvgIpc) is 2.65. The maximum Gasteiger partial charge on any atom is 0.255 e.